The van der Waals surface area contributed by atoms with Gasteiger partial charge in [-0.05, 0) is 56.0 Å². The molecule has 2 aromatic heterocycles. The zero-order chi connectivity index (χ0) is 27.8. The summed E-state index contributed by atoms with van der Waals surface area (Å²) in [7, 11) is 1.60. The summed E-state index contributed by atoms with van der Waals surface area (Å²) in [4.78, 5) is 37.5. The summed E-state index contributed by atoms with van der Waals surface area (Å²) < 4.78 is 5.73. The number of anilines is 1. The highest BCUT2D eigenvalue weighted by Gasteiger charge is 2.34. The van der Waals surface area contributed by atoms with E-state index in [0.717, 1.165) is 28.8 Å². The molecule has 0 aliphatic carbocycles. The van der Waals surface area contributed by atoms with Crippen molar-refractivity contribution in [3.8, 4) is 0 Å². The minimum Gasteiger partial charge on any atom is -0.459 e. The van der Waals surface area contributed by atoms with Gasteiger partial charge in [0.2, 0.25) is 5.91 Å². The lowest BCUT2D eigenvalue weighted by molar-refractivity contribution is -0.125. The number of likely N-dealkylation sites (N-methyl/N-ethyl adjacent to an activating group) is 1. The van der Waals surface area contributed by atoms with Crippen molar-refractivity contribution in [2.45, 2.75) is 45.3 Å². The topological polar surface area (TPSA) is 112 Å². The lowest BCUT2D eigenvalue weighted by Crippen LogP contribution is -2.53. The number of hydrogen-bond acceptors (Lipinski definition) is 7. The first-order valence-electron chi connectivity index (χ1n) is 13.2. The molecule has 0 radical (unpaired) electrons. The van der Waals surface area contributed by atoms with Crippen molar-refractivity contribution >= 4 is 28.5 Å². The van der Waals surface area contributed by atoms with Crippen molar-refractivity contribution in [2.24, 2.45) is 5.92 Å². The van der Waals surface area contributed by atoms with Crippen LogP contribution >= 0.6 is 0 Å². The Balaban J connectivity index is 1.60. The second-order valence-electron chi connectivity index (χ2n) is 9.91. The molecule has 3 atom stereocenters. The number of hydrogen-bond donors (Lipinski definition) is 3. The molecule has 3 heterocycles. The summed E-state index contributed by atoms with van der Waals surface area (Å²) >= 11 is 0. The summed E-state index contributed by atoms with van der Waals surface area (Å²) in [5, 5.41) is 9.42. The maximum absolute atomic E-state index is 14.0. The van der Waals surface area contributed by atoms with Crippen LogP contribution in [0.5, 0.6) is 0 Å². The standard InChI is InChI=1S/C30H36N6O3/c1-20-8-6-5-7-9-21(2)35-22(3)19-36(27(16-20)29(37)31-4)30(38)28-23(12-15-39-28)18-34-24-10-11-25-26(17-24)33-14-13-32-25/h5-7,9-15,17,20,22,27,34-35H,2,8,16,18-19H2,1,3-4H3,(H,31,37)/b6-5-,9-7-/t20?,22?,27-/m1/s1. The number of carbonyl (C=O) groups is 2. The van der Waals surface area contributed by atoms with Crippen LogP contribution in [-0.2, 0) is 11.3 Å². The smallest absolute Gasteiger partial charge is 0.290 e. The van der Waals surface area contributed by atoms with Crippen molar-refractivity contribution < 1.29 is 14.0 Å². The van der Waals surface area contributed by atoms with Crippen LogP contribution in [0.4, 0.5) is 5.69 Å². The summed E-state index contributed by atoms with van der Waals surface area (Å²) in [6.45, 7) is 8.76. The zero-order valence-corrected chi connectivity index (χ0v) is 22.7. The summed E-state index contributed by atoms with van der Waals surface area (Å²) in [6, 6.07) is 6.68. The first-order valence-corrected chi connectivity index (χ1v) is 13.2. The number of nitrogens with zero attached hydrogens (tertiary/aromatic N) is 3. The first-order chi connectivity index (χ1) is 18.9. The van der Waals surface area contributed by atoms with E-state index < -0.39 is 6.04 Å². The Morgan fingerprint density at radius 2 is 1.95 bits per heavy atom. The van der Waals surface area contributed by atoms with Gasteiger partial charge in [0, 0.05) is 55.5 Å². The average molecular weight is 529 g/mol. The number of rotatable bonds is 5. The normalized spacial score (nSPS) is 22.1. The average Bonchev–Trinajstić information content (AvgIpc) is 3.41. The van der Waals surface area contributed by atoms with Crippen molar-refractivity contribution in [3.05, 3.63) is 90.8 Å². The molecule has 0 bridgehead atoms. The predicted octanol–water partition coefficient (Wildman–Crippen LogP) is 4.43. The number of amides is 2. The number of allylic oxidation sites excluding steroid dienone is 4. The molecule has 204 valence electrons. The van der Waals surface area contributed by atoms with E-state index in [-0.39, 0.29) is 29.5 Å². The summed E-state index contributed by atoms with van der Waals surface area (Å²) in [6.07, 6.45) is 14.0. The predicted molar refractivity (Wildman–Crippen MR) is 153 cm³/mol. The highest BCUT2D eigenvalue weighted by atomic mass is 16.3. The molecule has 9 heteroatoms. The van der Waals surface area contributed by atoms with Crippen LogP contribution in [-0.4, -0.2) is 52.4 Å². The Labute approximate surface area is 229 Å². The van der Waals surface area contributed by atoms with Gasteiger partial charge < -0.3 is 25.3 Å². The third-order valence-corrected chi connectivity index (χ3v) is 6.69. The minimum atomic E-state index is -0.665. The molecule has 4 rings (SSSR count). The first kappa shape index (κ1) is 27.6. The van der Waals surface area contributed by atoms with E-state index in [9.17, 15) is 9.59 Å². The van der Waals surface area contributed by atoms with E-state index in [2.05, 4.69) is 45.5 Å². The molecule has 1 aliphatic heterocycles. The van der Waals surface area contributed by atoms with Crippen molar-refractivity contribution in [2.75, 3.05) is 18.9 Å². The maximum Gasteiger partial charge on any atom is 0.290 e. The quantitative estimate of drug-likeness (QED) is 0.449. The fraction of sp³-hybridized carbons (Fsp3) is 0.333. The molecule has 9 nitrogen and oxygen atoms in total. The van der Waals surface area contributed by atoms with Gasteiger partial charge in [-0.3, -0.25) is 19.6 Å². The van der Waals surface area contributed by atoms with E-state index in [1.807, 2.05) is 43.4 Å². The summed E-state index contributed by atoms with van der Waals surface area (Å²) in [5.74, 6) is -0.156. The maximum atomic E-state index is 14.0. The molecule has 2 unspecified atom stereocenters. The molecule has 0 saturated heterocycles. The minimum absolute atomic E-state index is 0.159. The van der Waals surface area contributed by atoms with Crippen molar-refractivity contribution in [3.63, 3.8) is 0 Å². The van der Waals surface area contributed by atoms with Gasteiger partial charge >= 0.3 is 0 Å². The van der Waals surface area contributed by atoms with Crippen molar-refractivity contribution in [1.29, 1.82) is 0 Å². The third-order valence-electron chi connectivity index (χ3n) is 6.69. The summed E-state index contributed by atoms with van der Waals surface area (Å²) in [5.41, 5.74) is 3.85. The molecule has 1 aromatic carbocycles. The van der Waals surface area contributed by atoms with Gasteiger partial charge in [0.25, 0.3) is 5.91 Å². The van der Waals surface area contributed by atoms with Crippen LogP contribution in [0.2, 0.25) is 0 Å². The molecule has 0 spiro atoms. The molecule has 39 heavy (non-hydrogen) atoms. The third kappa shape index (κ3) is 7.13. The Hall–Kier alpha value is -4.40. The van der Waals surface area contributed by atoms with Crippen LogP contribution in [0, 0.1) is 5.92 Å². The van der Waals surface area contributed by atoms with Gasteiger partial charge in [0.15, 0.2) is 5.76 Å². The zero-order valence-electron chi connectivity index (χ0n) is 22.7. The molecular formula is C30H36N6O3. The van der Waals surface area contributed by atoms with Crippen LogP contribution < -0.4 is 16.0 Å². The number of carbonyl (C=O) groups excluding carboxylic acids is 2. The lowest BCUT2D eigenvalue weighted by Gasteiger charge is -2.34. The Bertz CT molecular complexity index is 1380. The highest BCUT2D eigenvalue weighted by molar-refractivity contribution is 5.96. The molecule has 0 fully saturated rings. The second-order valence-corrected chi connectivity index (χ2v) is 9.91. The van der Waals surface area contributed by atoms with Gasteiger partial charge in [-0.2, -0.15) is 0 Å². The Morgan fingerprint density at radius 1 is 1.15 bits per heavy atom. The Morgan fingerprint density at radius 3 is 2.74 bits per heavy atom. The van der Waals surface area contributed by atoms with Gasteiger partial charge in [0.05, 0.1) is 17.3 Å². The van der Waals surface area contributed by atoms with E-state index >= 15 is 0 Å². The fourth-order valence-corrected chi connectivity index (χ4v) is 4.70. The van der Waals surface area contributed by atoms with Gasteiger partial charge in [-0.25, -0.2) is 0 Å². The van der Waals surface area contributed by atoms with Gasteiger partial charge in [-0.15, -0.1) is 0 Å². The van der Waals surface area contributed by atoms with Crippen LogP contribution in [0.25, 0.3) is 11.0 Å². The molecule has 2 amide bonds. The van der Waals surface area contributed by atoms with E-state index in [4.69, 9.17) is 4.42 Å². The Kier molecular flexibility index (Phi) is 9.14. The number of aromatic nitrogens is 2. The van der Waals surface area contributed by atoms with E-state index in [1.54, 1.807) is 30.4 Å². The van der Waals surface area contributed by atoms with E-state index in [0.29, 0.717) is 25.1 Å². The van der Waals surface area contributed by atoms with E-state index in [1.165, 1.54) is 6.26 Å². The van der Waals surface area contributed by atoms with Gasteiger partial charge in [-0.1, -0.05) is 31.7 Å². The molecule has 3 N–H and O–H groups in total. The lowest BCUT2D eigenvalue weighted by atomic mass is 9.95. The monoisotopic (exact) mass is 528 g/mol. The number of benzene rings is 1. The SMILES string of the molecule is C=C1/C=C\C=C/CC(C)C[C@H](C(=O)NC)N(C(=O)c2occc2CNc2ccc3nccnc3c2)CC(C)N1. The van der Waals surface area contributed by atoms with Crippen molar-refractivity contribution in [1.82, 2.24) is 25.5 Å². The largest absolute Gasteiger partial charge is 0.459 e. The molecule has 3 aromatic rings. The van der Waals surface area contributed by atoms with Crippen LogP contribution in [0.15, 0.2) is 83.9 Å². The number of nitrogens with one attached hydrogen (secondary N) is 3. The second kappa shape index (κ2) is 12.9. The number of furan rings is 1. The van der Waals surface area contributed by atoms with Crippen LogP contribution in [0.3, 0.4) is 0 Å². The molecular weight excluding hydrogens is 492 g/mol. The van der Waals surface area contributed by atoms with Gasteiger partial charge in [0.1, 0.15) is 6.04 Å². The highest BCUT2D eigenvalue weighted by Crippen LogP contribution is 2.23. The van der Waals surface area contributed by atoms with Crippen LogP contribution in [0.1, 0.15) is 42.8 Å². The fourth-order valence-electron chi connectivity index (χ4n) is 4.70. The number of fused-ring (bicyclic) bond motifs is 1. The molecule has 0 saturated carbocycles. The molecule has 1 aliphatic rings.